The van der Waals surface area contributed by atoms with Crippen molar-refractivity contribution in [2.45, 2.75) is 13.8 Å². The van der Waals surface area contributed by atoms with E-state index in [2.05, 4.69) is 47.6 Å². The van der Waals surface area contributed by atoms with Gasteiger partial charge in [0.15, 0.2) is 0 Å². The predicted octanol–water partition coefficient (Wildman–Crippen LogP) is 2.74. The van der Waals surface area contributed by atoms with Crippen LogP contribution in [0.3, 0.4) is 0 Å². The minimum atomic E-state index is 0.867. The fourth-order valence-electron chi connectivity index (χ4n) is 1.61. The van der Waals surface area contributed by atoms with Crippen molar-refractivity contribution in [3.05, 3.63) is 35.4 Å². The number of nitrogens with one attached hydrogen (secondary N) is 2. The zero-order valence-electron chi connectivity index (χ0n) is 9.26. The van der Waals surface area contributed by atoms with Crippen molar-refractivity contribution in [1.82, 2.24) is 10.2 Å². The maximum Gasteiger partial charge on any atom is 0.148 e. The van der Waals surface area contributed by atoms with Crippen molar-refractivity contribution >= 4 is 5.82 Å². The van der Waals surface area contributed by atoms with E-state index in [1.54, 1.807) is 0 Å². The third-order valence-electron chi connectivity index (χ3n) is 2.52. The molecular weight excluding hydrogens is 186 g/mol. The first-order valence-corrected chi connectivity index (χ1v) is 5.01. The predicted molar refractivity (Wildman–Crippen MR) is 63.0 cm³/mol. The van der Waals surface area contributed by atoms with E-state index in [0.717, 1.165) is 11.5 Å². The van der Waals surface area contributed by atoms with Crippen molar-refractivity contribution in [3.63, 3.8) is 0 Å². The van der Waals surface area contributed by atoms with Crippen LogP contribution < -0.4 is 5.32 Å². The molecule has 0 saturated carbocycles. The smallest absolute Gasteiger partial charge is 0.148 e. The molecule has 78 valence electrons. The van der Waals surface area contributed by atoms with E-state index < -0.39 is 0 Å². The number of aryl methyl sites for hydroxylation is 2. The number of rotatable bonds is 2. The van der Waals surface area contributed by atoms with Gasteiger partial charge >= 0.3 is 0 Å². The van der Waals surface area contributed by atoms with Gasteiger partial charge in [-0.2, -0.15) is 5.10 Å². The van der Waals surface area contributed by atoms with Gasteiger partial charge in [0.05, 0.1) is 5.69 Å². The van der Waals surface area contributed by atoms with Crippen LogP contribution in [-0.2, 0) is 0 Å². The van der Waals surface area contributed by atoms with Crippen molar-refractivity contribution in [2.75, 3.05) is 12.4 Å². The van der Waals surface area contributed by atoms with Crippen LogP contribution in [0.5, 0.6) is 0 Å². The van der Waals surface area contributed by atoms with Crippen LogP contribution in [0.25, 0.3) is 11.3 Å². The molecule has 0 spiro atoms. The highest BCUT2D eigenvalue weighted by Gasteiger charge is 2.05. The summed E-state index contributed by atoms with van der Waals surface area (Å²) < 4.78 is 0. The van der Waals surface area contributed by atoms with Gasteiger partial charge < -0.3 is 5.32 Å². The minimum absolute atomic E-state index is 0.867. The number of aromatic amines is 1. The molecule has 0 aliphatic carbocycles. The molecule has 0 saturated heterocycles. The summed E-state index contributed by atoms with van der Waals surface area (Å²) in [6.07, 6.45) is 0. The van der Waals surface area contributed by atoms with E-state index in [1.165, 1.54) is 16.7 Å². The fourth-order valence-corrected chi connectivity index (χ4v) is 1.61. The van der Waals surface area contributed by atoms with Gasteiger partial charge in [0.2, 0.25) is 0 Å². The SMILES string of the molecule is CNc1cc(-c2cc(C)ccc2C)[nH]n1. The molecule has 0 bridgehead atoms. The van der Waals surface area contributed by atoms with Gasteiger partial charge in [-0.05, 0) is 25.5 Å². The Labute approximate surface area is 89.5 Å². The molecule has 0 atom stereocenters. The Hall–Kier alpha value is -1.77. The second kappa shape index (κ2) is 3.77. The Kier molecular flexibility index (Phi) is 2.46. The molecule has 0 aliphatic rings. The van der Waals surface area contributed by atoms with Gasteiger partial charge in [-0.3, -0.25) is 5.10 Å². The molecular formula is C12H15N3. The standard InChI is InChI=1S/C12H15N3/c1-8-4-5-9(2)10(6-8)11-7-12(13-3)15-14-11/h4-7H,1-3H3,(H2,13,14,15). The van der Waals surface area contributed by atoms with Crippen LogP contribution in [0, 0.1) is 13.8 Å². The summed E-state index contributed by atoms with van der Waals surface area (Å²) in [6.45, 7) is 4.20. The maximum atomic E-state index is 4.15. The summed E-state index contributed by atoms with van der Waals surface area (Å²) in [4.78, 5) is 0. The zero-order valence-corrected chi connectivity index (χ0v) is 9.26. The minimum Gasteiger partial charge on any atom is -0.372 e. The molecule has 3 nitrogen and oxygen atoms in total. The first-order valence-electron chi connectivity index (χ1n) is 5.01. The lowest BCUT2D eigenvalue weighted by atomic mass is 10.0. The molecule has 0 unspecified atom stereocenters. The maximum absolute atomic E-state index is 4.15. The average molecular weight is 201 g/mol. The molecule has 0 aliphatic heterocycles. The highest BCUT2D eigenvalue weighted by atomic mass is 15.2. The summed E-state index contributed by atoms with van der Waals surface area (Å²) in [5.41, 5.74) is 4.78. The summed E-state index contributed by atoms with van der Waals surface area (Å²) in [5, 5.41) is 10.2. The summed E-state index contributed by atoms with van der Waals surface area (Å²) in [7, 11) is 1.86. The van der Waals surface area contributed by atoms with Gasteiger partial charge in [-0.25, -0.2) is 0 Å². The molecule has 0 radical (unpaired) electrons. The summed E-state index contributed by atoms with van der Waals surface area (Å²) >= 11 is 0. The second-order valence-electron chi connectivity index (χ2n) is 3.74. The highest BCUT2D eigenvalue weighted by molar-refractivity contribution is 5.66. The topological polar surface area (TPSA) is 40.7 Å². The Bertz CT molecular complexity index is 471. The number of hydrogen-bond donors (Lipinski definition) is 2. The number of H-pyrrole nitrogens is 1. The number of hydrogen-bond acceptors (Lipinski definition) is 2. The fraction of sp³-hybridized carbons (Fsp3) is 0.250. The van der Waals surface area contributed by atoms with Crippen LogP contribution in [0.1, 0.15) is 11.1 Å². The van der Waals surface area contributed by atoms with Gasteiger partial charge in [0.1, 0.15) is 5.82 Å². The molecule has 2 N–H and O–H groups in total. The van der Waals surface area contributed by atoms with Crippen molar-refractivity contribution in [1.29, 1.82) is 0 Å². The van der Waals surface area contributed by atoms with Gasteiger partial charge in [0, 0.05) is 18.7 Å². The molecule has 0 amide bonds. The Morgan fingerprint density at radius 1 is 1.20 bits per heavy atom. The second-order valence-corrected chi connectivity index (χ2v) is 3.74. The Morgan fingerprint density at radius 3 is 2.67 bits per heavy atom. The van der Waals surface area contributed by atoms with Crippen LogP contribution in [0.2, 0.25) is 0 Å². The number of nitrogens with zero attached hydrogens (tertiary/aromatic N) is 1. The van der Waals surface area contributed by atoms with E-state index in [4.69, 9.17) is 0 Å². The molecule has 3 heteroatoms. The lowest BCUT2D eigenvalue weighted by Crippen LogP contribution is -1.85. The zero-order chi connectivity index (χ0) is 10.8. The van der Waals surface area contributed by atoms with Crippen LogP contribution >= 0.6 is 0 Å². The third-order valence-corrected chi connectivity index (χ3v) is 2.52. The van der Waals surface area contributed by atoms with Gasteiger partial charge in [0.25, 0.3) is 0 Å². The monoisotopic (exact) mass is 201 g/mol. The molecule has 15 heavy (non-hydrogen) atoms. The van der Waals surface area contributed by atoms with Crippen LogP contribution in [0.4, 0.5) is 5.82 Å². The van der Waals surface area contributed by atoms with Crippen molar-refractivity contribution in [3.8, 4) is 11.3 Å². The van der Waals surface area contributed by atoms with E-state index in [0.29, 0.717) is 0 Å². The largest absolute Gasteiger partial charge is 0.372 e. The van der Waals surface area contributed by atoms with Crippen LogP contribution in [0.15, 0.2) is 24.3 Å². The number of aromatic nitrogens is 2. The first kappa shape index (κ1) is 9.77. The third kappa shape index (κ3) is 1.86. The van der Waals surface area contributed by atoms with E-state index in [-0.39, 0.29) is 0 Å². The van der Waals surface area contributed by atoms with Crippen LogP contribution in [-0.4, -0.2) is 17.2 Å². The Morgan fingerprint density at radius 2 is 2.00 bits per heavy atom. The molecule has 2 rings (SSSR count). The van der Waals surface area contributed by atoms with Gasteiger partial charge in [-0.1, -0.05) is 17.7 Å². The quantitative estimate of drug-likeness (QED) is 0.784. The molecule has 2 aromatic rings. The Balaban J connectivity index is 2.48. The molecule has 1 heterocycles. The lowest BCUT2D eigenvalue weighted by molar-refractivity contribution is 1.09. The number of benzene rings is 1. The summed E-state index contributed by atoms with van der Waals surface area (Å²) in [6, 6.07) is 8.43. The summed E-state index contributed by atoms with van der Waals surface area (Å²) in [5.74, 6) is 0.867. The van der Waals surface area contributed by atoms with Crippen molar-refractivity contribution < 1.29 is 0 Å². The normalized spacial score (nSPS) is 10.3. The lowest BCUT2D eigenvalue weighted by Gasteiger charge is -2.03. The van der Waals surface area contributed by atoms with Crippen molar-refractivity contribution in [2.24, 2.45) is 0 Å². The van der Waals surface area contributed by atoms with E-state index >= 15 is 0 Å². The van der Waals surface area contributed by atoms with E-state index in [1.807, 2.05) is 13.1 Å². The molecule has 0 fully saturated rings. The molecule has 1 aromatic carbocycles. The average Bonchev–Trinajstić information content (AvgIpc) is 2.70. The van der Waals surface area contributed by atoms with Gasteiger partial charge in [-0.15, -0.1) is 0 Å². The first-order chi connectivity index (χ1) is 7.20. The number of anilines is 1. The molecule has 1 aromatic heterocycles. The highest BCUT2D eigenvalue weighted by Crippen LogP contribution is 2.24. The van der Waals surface area contributed by atoms with E-state index in [9.17, 15) is 0 Å².